The molecule has 3 rings (SSSR count). The lowest BCUT2D eigenvalue weighted by atomic mass is 10.1. The summed E-state index contributed by atoms with van der Waals surface area (Å²) in [6.45, 7) is 1.56. The van der Waals surface area contributed by atoms with Crippen molar-refractivity contribution in [2.75, 3.05) is 25.0 Å². The second kappa shape index (κ2) is 10.9. The molecule has 10 heteroatoms. The zero-order valence-corrected chi connectivity index (χ0v) is 19.7. The van der Waals surface area contributed by atoms with Gasteiger partial charge in [0.25, 0.3) is 5.91 Å². The number of anilines is 1. The molecular formula is C23H25ClN2O6S. The van der Waals surface area contributed by atoms with E-state index in [1.54, 1.807) is 24.3 Å². The van der Waals surface area contributed by atoms with Crippen LogP contribution in [0.1, 0.15) is 53.3 Å². The van der Waals surface area contributed by atoms with Crippen molar-refractivity contribution in [1.29, 1.82) is 0 Å². The Morgan fingerprint density at radius 3 is 2.36 bits per heavy atom. The van der Waals surface area contributed by atoms with Gasteiger partial charge in [-0.1, -0.05) is 36.6 Å². The van der Waals surface area contributed by atoms with Gasteiger partial charge in [0.2, 0.25) is 10.0 Å². The molecule has 1 heterocycles. The molecule has 0 spiro atoms. The molecule has 0 aliphatic carbocycles. The van der Waals surface area contributed by atoms with Crippen molar-refractivity contribution in [3.63, 3.8) is 0 Å². The Balaban J connectivity index is 1.70. The lowest BCUT2D eigenvalue weighted by molar-refractivity contribution is -0.119. The highest BCUT2D eigenvalue weighted by molar-refractivity contribution is 7.89. The smallest absolute Gasteiger partial charge is 0.338 e. The number of para-hydroxylation sites is 1. The van der Waals surface area contributed by atoms with Crippen LogP contribution in [0.5, 0.6) is 0 Å². The number of hydrogen-bond acceptors (Lipinski definition) is 6. The molecule has 1 amide bonds. The van der Waals surface area contributed by atoms with E-state index in [2.05, 4.69) is 5.32 Å². The number of nitrogens with zero attached hydrogens (tertiary/aromatic N) is 1. The molecule has 1 aliphatic rings. The van der Waals surface area contributed by atoms with Crippen LogP contribution in [-0.4, -0.2) is 50.1 Å². The number of hydrogen-bond donors (Lipinski definition) is 1. The van der Waals surface area contributed by atoms with E-state index in [4.69, 9.17) is 16.3 Å². The SMILES string of the molecule is CC(=O)c1ccccc1NC(=O)COC(=O)c1ccc(Cl)c(S(=O)(=O)N2CCCCCC2)c1. The number of rotatable bonds is 7. The highest BCUT2D eigenvalue weighted by Gasteiger charge is 2.28. The van der Waals surface area contributed by atoms with Crippen LogP contribution in [0.25, 0.3) is 0 Å². The molecule has 176 valence electrons. The average Bonchev–Trinajstić information content (AvgIpc) is 3.08. The van der Waals surface area contributed by atoms with Crippen LogP contribution in [0.4, 0.5) is 5.69 Å². The molecule has 2 aromatic carbocycles. The fourth-order valence-electron chi connectivity index (χ4n) is 3.55. The molecule has 1 aliphatic heterocycles. The van der Waals surface area contributed by atoms with Crippen molar-refractivity contribution >= 4 is 45.0 Å². The minimum Gasteiger partial charge on any atom is -0.452 e. The number of esters is 1. The van der Waals surface area contributed by atoms with Crippen LogP contribution < -0.4 is 5.32 Å². The number of nitrogens with one attached hydrogen (secondary N) is 1. The molecule has 0 bridgehead atoms. The van der Waals surface area contributed by atoms with Crippen LogP contribution in [0, 0.1) is 0 Å². The maximum atomic E-state index is 13.1. The summed E-state index contributed by atoms with van der Waals surface area (Å²) in [4.78, 5) is 36.2. The minimum atomic E-state index is -3.87. The number of amides is 1. The molecule has 0 radical (unpaired) electrons. The van der Waals surface area contributed by atoms with E-state index in [-0.39, 0.29) is 21.3 Å². The molecule has 1 fully saturated rings. The van der Waals surface area contributed by atoms with Gasteiger partial charge in [-0.05, 0) is 50.1 Å². The summed E-state index contributed by atoms with van der Waals surface area (Å²) < 4.78 is 32.6. The van der Waals surface area contributed by atoms with Crippen molar-refractivity contribution in [3.05, 3.63) is 58.6 Å². The molecule has 0 aromatic heterocycles. The molecule has 0 atom stereocenters. The van der Waals surface area contributed by atoms with Gasteiger partial charge in [-0.15, -0.1) is 0 Å². The number of sulfonamides is 1. The van der Waals surface area contributed by atoms with Gasteiger partial charge in [0.15, 0.2) is 12.4 Å². The summed E-state index contributed by atoms with van der Waals surface area (Å²) in [7, 11) is -3.87. The molecule has 1 saturated heterocycles. The fourth-order valence-corrected chi connectivity index (χ4v) is 5.57. The summed E-state index contributed by atoms with van der Waals surface area (Å²) in [6, 6.07) is 10.3. The van der Waals surface area contributed by atoms with E-state index in [0.29, 0.717) is 24.3 Å². The molecular weight excluding hydrogens is 468 g/mol. The van der Waals surface area contributed by atoms with Crippen LogP contribution in [0.15, 0.2) is 47.4 Å². The maximum Gasteiger partial charge on any atom is 0.338 e. The number of ketones is 1. The summed E-state index contributed by atoms with van der Waals surface area (Å²) in [6.07, 6.45) is 3.46. The lowest BCUT2D eigenvalue weighted by Crippen LogP contribution is -2.32. The van der Waals surface area contributed by atoms with Crippen LogP contribution >= 0.6 is 11.6 Å². The number of carbonyl (C=O) groups is 3. The van der Waals surface area contributed by atoms with Gasteiger partial charge >= 0.3 is 5.97 Å². The quantitative estimate of drug-likeness (QED) is 0.463. The number of ether oxygens (including phenoxy) is 1. The van der Waals surface area contributed by atoms with Gasteiger partial charge < -0.3 is 10.1 Å². The van der Waals surface area contributed by atoms with E-state index in [0.717, 1.165) is 25.7 Å². The Morgan fingerprint density at radius 2 is 1.70 bits per heavy atom. The highest BCUT2D eigenvalue weighted by atomic mass is 35.5. The van der Waals surface area contributed by atoms with Crippen LogP contribution in [-0.2, 0) is 19.6 Å². The number of halogens is 1. The van der Waals surface area contributed by atoms with Gasteiger partial charge in [0.05, 0.1) is 16.3 Å². The first-order valence-electron chi connectivity index (χ1n) is 10.6. The van der Waals surface area contributed by atoms with Crippen molar-refractivity contribution in [2.24, 2.45) is 0 Å². The molecule has 0 unspecified atom stereocenters. The van der Waals surface area contributed by atoms with Crippen molar-refractivity contribution < 1.29 is 27.5 Å². The van der Waals surface area contributed by atoms with Crippen molar-refractivity contribution in [2.45, 2.75) is 37.5 Å². The van der Waals surface area contributed by atoms with Gasteiger partial charge in [0.1, 0.15) is 4.90 Å². The predicted molar refractivity (Wildman–Crippen MR) is 124 cm³/mol. The predicted octanol–water partition coefficient (Wildman–Crippen LogP) is 3.90. The second-order valence-electron chi connectivity index (χ2n) is 7.69. The third-order valence-electron chi connectivity index (χ3n) is 5.26. The minimum absolute atomic E-state index is 0.00868. The zero-order valence-electron chi connectivity index (χ0n) is 18.2. The standard InChI is InChI=1S/C23H25ClN2O6S/c1-16(27)18-8-4-5-9-20(18)25-22(28)15-32-23(29)17-10-11-19(24)21(14-17)33(30,31)26-12-6-2-3-7-13-26/h4-5,8-11,14H,2-3,6-7,12-13,15H2,1H3,(H,25,28). The largest absolute Gasteiger partial charge is 0.452 e. The number of Topliss-reactive ketones (excluding diaryl/α,β-unsaturated/α-hetero) is 1. The molecule has 1 N–H and O–H groups in total. The Bertz CT molecular complexity index is 1160. The van der Waals surface area contributed by atoms with Crippen LogP contribution in [0.3, 0.4) is 0 Å². The first kappa shape index (κ1) is 24.9. The fraction of sp³-hybridized carbons (Fsp3) is 0.348. The van der Waals surface area contributed by atoms with E-state index in [1.807, 2.05) is 0 Å². The Kier molecular flexibility index (Phi) is 8.23. The summed E-state index contributed by atoms with van der Waals surface area (Å²) in [5.41, 5.74) is 0.603. The Morgan fingerprint density at radius 1 is 1.03 bits per heavy atom. The van der Waals surface area contributed by atoms with Crippen molar-refractivity contribution in [3.8, 4) is 0 Å². The lowest BCUT2D eigenvalue weighted by Gasteiger charge is -2.21. The molecule has 33 heavy (non-hydrogen) atoms. The van der Waals surface area contributed by atoms with Gasteiger partial charge in [0, 0.05) is 18.7 Å². The van der Waals surface area contributed by atoms with E-state index in [1.165, 1.54) is 29.4 Å². The number of benzene rings is 2. The second-order valence-corrected chi connectivity index (χ2v) is 10.0. The monoisotopic (exact) mass is 492 g/mol. The van der Waals surface area contributed by atoms with Gasteiger partial charge in [-0.3, -0.25) is 9.59 Å². The molecule has 0 saturated carbocycles. The van der Waals surface area contributed by atoms with E-state index in [9.17, 15) is 22.8 Å². The van der Waals surface area contributed by atoms with Crippen LogP contribution in [0.2, 0.25) is 5.02 Å². The summed E-state index contributed by atoms with van der Waals surface area (Å²) in [5, 5.41) is 2.54. The Labute approximate surface area is 197 Å². The first-order chi connectivity index (χ1) is 15.7. The third kappa shape index (κ3) is 6.19. The first-order valence-corrected chi connectivity index (χ1v) is 12.4. The zero-order chi connectivity index (χ0) is 24.0. The molecule has 2 aromatic rings. The topological polar surface area (TPSA) is 110 Å². The van der Waals surface area contributed by atoms with E-state index >= 15 is 0 Å². The summed E-state index contributed by atoms with van der Waals surface area (Å²) >= 11 is 6.15. The summed E-state index contributed by atoms with van der Waals surface area (Å²) in [5.74, 6) is -1.72. The van der Waals surface area contributed by atoms with Crippen molar-refractivity contribution in [1.82, 2.24) is 4.31 Å². The van der Waals surface area contributed by atoms with Gasteiger partial charge in [-0.2, -0.15) is 4.31 Å². The van der Waals surface area contributed by atoms with Gasteiger partial charge in [-0.25, -0.2) is 13.2 Å². The normalized spacial score (nSPS) is 14.8. The third-order valence-corrected chi connectivity index (χ3v) is 7.64. The van der Waals surface area contributed by atoms with E-state index < -0.39 is 28.5 Å². The number of carbonyl (C=O) groups excluding carboxylic acids is 3. The maximum absolute atomic E-state index is 13.1. The Hall–Kier alpha value is -2.75. The highest BCUT2D eigenvalue weighted by Crippen LogP contribution is 2.28. The molecule has 8 nitrogen and oxygen atoms in total. The average molecular weight is 493 g/mol.